The van der Waals surface area contributed by atoms with Gasteiger partial charge >= 0.3 is 11.9 Å². The highest BCUT2D eigenvalue weighted by Crippen LogP contribution is 2.09. The summed E-state index contributed by atoms with van der Waals surface area (Å²) in [5.74, 6) is -0.737. The van der Waals surface area contributed by atoms with E-state index < -0.39 is 5.60 Å². The van der Waals surface area contributed by atoms with E-state index in [0.29, 0.717) is 0 Å². The molecule has 0 saturated heterocycles. The van der Waals surface area contributed by atoms with E-state index in [-0.39, 0.29) is 30.9 Å². The van der Waals surface area contributed by atoms with Crippen molar-refractivity contribution in [1.82, 2.24) is 0 Å². The van der Waals surface area contributed by atoms with Gasteiger partial charge in [-0.1, -0.05) is 0 Å². The Labute approximate surface area is 90.9 Å². The number of esters is 2. The van der Waals surface area contributed by atoms with Crippen molar-refractivity contribution < 1.29 is 19.1 Å². The van der Waals surface area contributed by atoms with Gasteiger partial charge in [0, 0.05) is 0 Å². The molecule has 88 valence electrons. The summed E-state index contributed by atoms with van der Waals surface area (Å²) in [5.41, 5.74) is -0.501. The minimum absolute atomic E-state index is 0.0722. The molecule has 0 unspecified atom stereocenters. The molecule has 0 N–H and O–H groups in total. The summed E-state index contributed by atoms with van der Waals surface area (Å²) in [6, 6.07) is 0. The maximum absolute atomic E-state index is 11.2. The lowest BCUT2D eigenvalue weighted by Gasteiger charge is -2.19. The van der Waals surface area contributed by atoms with Gasteiger partial charge in [-0.05, 0) is 34.6 Å². The van der Waals surface area contributed by atoms with E-state index >= 15 is 0 Å². The Morgan fingerprint density at radius 2 is 1.53 bits per heavy atom. The molecule has 4 heteroatoms. The molecule has 0 aromatic heterocycles. The van der Waals surface area contributed by atoms with Crippen molar-refractivity contribution in [3.05, 3.63) is 0 Å². The molecular weight excluding hydrogens is 196 g/mol. The van der Waals surface area contributed by atoms with Gasteiger partial charge in [-0.15, -0.1) is 0 Å². The van der Waals surface area contributed by atoms with E-state index in [1.165, 1.54) is 0 Å². The lowest BCUT2D eigenvalue weighted by atomic mass is 10.2. The second-order valence-corrected chi connectivity index (χ2v) is 4.63. The van der Waals surface area contributed by atoms with Crippen LogP contribution in [0.25, 0.3) is 0 Å². The normalized spacial score (nSPS) is 11.3. The predicted molar refractivity (Wildman–Crippen MR) is 56.3 cm³/mol. The Kier molecular flexibility index (Phi) is 5.33. The maximum atomic E-state index is 11.2. The molecule has 0 aromatic rings. The van der Waals surface area contributed by atoms with E-state index in [2.05, 4.69) is 0 Å². The highest BCUT2D eigenvalue weighted by atomic mass is 16.6. The molecule has 0 rings (SSSR count). The Morgan fingerprint density at radius 1 is 1.07 bits per heavy atom. The van der Waals surface area contributed by atoms with Crippen molar-refractivity contribution >= 4 is 11.9 Å². The molecule has 15 heavy (non-hydrogen) atoms. The van der Waals surface area contributed by atoms with Crippen molar-refractivity contribution in [2.24, 2.45) is 0 Å². The van der Waals surface area contributed by atoms with Gasteiger partial charge in [0.2, 0.25) is 0 Å². The number of hydrogen-bond acceptors (Lipinski definition) is 4. The van der Waals surface area contributed by atoms with Gasteiger partial charge in [-0.3, -0.25) is 9.59 Å². The molecule has 0 fully saturated rings. The first-order valence-electron chi connectivity index (χ1n) is 5.12. The quantitative estimate of drug-likeness (QED) is 0.675. The van der Waals surface area contributed by atoms with Crippen molar-refractivity contribution in [2.45, 2.75) is 59.2 Å². The smallest absolute Gasteiger partial charge is 0.306 e. The summed E-state index contributed by atoms with van der Waals surface area (Å²) < 4.78 is 9.93. The van der Waals surface area contributed by atoms with Gasteiger partial charge in [-0.2, -0.15) is 0 Å². The van der Waals surface area contributed by atoms with Crippen LogP contribution < -0.4 is 0 Å². The summed E-state index contributed by atoms with van der Waals surface area (Å²) in [6.45, 7) is 8.91. The van der Waals surface area contributed by atoms with Gasteiger partial charge in [-0.25, -0.2) is 0 Å². The van der Waals surface area contributed by atoms with Crippen LogP contribution in [-0.4, -0.2) is 23.6 Å². The number of carbonyl (C=O) groups excluding carboxylic acids is 2. The maximum Gasteiger partial charge on any atom is 0.306 e. The van der Waals surface area contributed by atoms with Gasteiger partial charge in [0.05, 0.1) is 18.9 Å². The van der Waals surface area contributed by atoms with Crippen molar-refractivity contribution in [2.75, 3.05) is 0 Å². The number of carbonyl (C=O) groups is 2. The molecule has 0 spiro atoms. The van der Waals surface area contributed by atoms with Crippen LogP contribution in [0.3, 0.4) is 0 Å². The highest BCUT2D eigenvalue weighted by Gasteiger charge is 2.17. The van der Waals surface area contributed by atoms with Gasteiger partial charge < -0.3 is 9.47 Å². The van der Waals surface area contributed by atoms with Crippen LogP contribution >= 0.6 is 0 Å². The molecule has 0 aliphatic carbocycles. The van der Waals surface area contributed by atoms with E-state index in [1.807, 2.05) is 0 Å². The largest absolute Gasteiger partial charge is 0.463 e. The molecule has 0 heterocycles. The molecule has 0 atom stereocenters. The molecule has 4 nitrogen and oxygen atoms in total. The zero-order chi connectivity index (χ0) is 12.1. The van der Waals surface area contributed by atoms with Crippen molar-refractivity contribution in [3.8, 4) is 0 Å². The van der Waals surface area contributed by atoms with Gasteiger partial charge in [0.1, 0.15) is 5.60 Å². The second kappa shape index (κ2) is 5.73. The fraction of sp³-hybridized carbons (Fsp3) is 0.818. The second-order valence-electron chi connectivity index (χ2n) is 4.63. The molecule has 0 aliphatic rings. The third-order valence-corrected chi connectivity index (χ3v) is 1.32. The standard InChI is InChI=1S/C11H20O4/c1-8(2)14-9(12)6-7-10(13)15-11(3,4)5/h8H,6-7H2,1-5H3. The molecular formula is C11H20O4. The summed E-state index contributed by atoms with van der Waals surface area (Å²) >= 11 is 0. The fourth-order valence-electron chi connectivity index (χ4n) is 0.918. The molecule has 0 aliphatic heterocycles. The number of rotatable bonds is 4. The summed E-state index contributed by atoms with van der Waals surface area (Å²) in [6.07, 6.45) is 0.00626. The monoisotopic (exact) mass is 216 g/mol. The highest BCUT2D eigenvalue weighted by molar-refractivity contribution is 5.77. The van der Waals surface area contributed by atoms with Crippen LogP contribution in [0.4, 0.5) is 0 Å². The lowest BCUT2D eigenvalue weighted by molar-refractivity contribution is -0.159. The number of hydrogen-bond donors (Lipinski definition) is 0. The van der Waals surface area contributed by atoms with Crippen LogP contribution in [-0.2, 0) is 19.1 Å². The average molecular weight is 216 g/mol. The van der Waals surface area contributed by atoms with Gasteiger partial charge in [0.15, 0.2) is 0 Å². The zero-order valence-electron chi connectivity index (χ0n) is 10.1. The Hall–Kier alpha value is -1.06. The first-order valence-corrected chi connectivity index (χ1v) is 5.12. The Balaban J connectivity index is 3.77. The third kappa shape index (κ3) is 9.25. The van der Waals surface area contributed by atoms with Crippen LogP contribution in [0, 0.1) is 0 Å². The third-order valence-electron chi connectivity index (χ3n) is 1.32. The number of ether oxygens (including phenoxy) is 2. The summed E-state index contributed by atoms with van der Waals surface area (Å²) in [7, 11) is 0. The molecule has 0 saturated carbocycles. The SMILES string of the molecule is CC(C)OC(=O)CCC(=O)OC(C)(C)C. The molecule has 0 radical (unpaired) electrons. The average Bonchev–Trinajstić information content (AvgIpc) is 1.96. The minimum atomic E-state index is -0.501. The van der Waals surface area contributed by atoms with E-state index in [4.69, 9.17) is 9.47 Å². The van der Waals surface area contributed by atoms with E-state index in [1.54, 1.807) is 34.6 Å². The van der Waals surface area contributed by atoms with Gasteiger partial charge in [0.25, 0.3) is 0 Å². The first kappa shape index (κ1) is 13.9. The van der Waals surface area contributed by atoms with Crippen molar-refractivity contribution in [3.63, 3.8) is 0 Å². The first-order chi connectivity index (χ1) is 6.70. The van der Waals surface area contributed by atoms with Crippen molar-refractivity contribution in [1.29, 1.82) is 0 Å². The van der Waals surface area contributed by atoms with Crippen LogP contribution in [0.5, 0.6) is 0 Å². The topological polar surface area (TPSA) is 52.6 Å². The van der Waals surface area contributed by atoms with Crippen LogP contribution in [0.15, 0.2) is 0 Å². The van der Waals surface area contributed by atoms with E-state index in [0.717, 1.165) is 0 Å². The molecule has 0 aromatic carbocycles. The predicted octanol–water partition coefficient (Wildman–Crippen LogP) is 2.06. The molecule has 0 amide bonds. The molecule has 0 bridgehead atoms. The van der Waals surface area contributed by atoms with Crippen LogP contribution in [0.2, 0.25) is 0 Å². The zero-order valence-corrected chi connectivity index (χ0v) is 10.1. The Bertz CT molecular complexity index is 225. The fourth-order valence-corrected chi connectivity index (χ4v) is 0.918. The summed E-state index contributed by atoms with van der Waals surface area (Å²) in [4.78, 5) is 22.3. The minimum Gasteiger partial charge on any atom is -0.463 e. The van der Waals surface area contributed by atoms with E-state index in [9.17, 15) is 9.59 Å². The van der Waals surface area contributed by atoms with Crippen LogP contribution in [0.1, 0.15) is 47.5 Å². The Morgan fingerprint density at radius 3 is 1.93 bits per heavy atom. The summed E-state index contributed by atoms with van der Waals surface area (Å²) in [5, 5.41) is 0. The lowest BCUT2D eigenvalue weighted by Crippen LogP contribution is -2.24.